The van der Waals surface area contributed by atoms with Gasteiger partial charge >= 0.3 is 0 Å². The van der Waals surface area contributed by atoms with Gasteiger partial charge in [-0.05, 0) is 44.8 Å². The Bertz CT molecular complexity index is 332. The highest BCUT2D eigenvalue weighted by molar-refractivity contribution is 4.61. The summed E-state index contributed by atoms with van der Waals surface area (Å²) in [5.74, 6) is 0.891. The van der Waals surface area contributed by atoms with Gasteiger partial charge in [0.25, 0.3) is 0 Å². The number of unbranched alkanes of at least 4 members (excludes halogenated alkanes) is 21. The Morgan fingerprint density at radius 2 is 0.618 bits per heavy atom. The van der Waals surface area contributed by atoms with Gasteiger partial charge in [0.2, 0.25) is 0 Å². The Morgan fingerprint density at radius 3 is 0.912 bits per heavy atom. The Labute approximate surface area is 218 Å². The fraction of sp³-hybridized carbons (Fsp3) is 1.00. The van der Waals surface area contributed by atoms with Gasteiger partial charge in [-0.15, -0.1) is 0 Å². The topological polar surface area (TPSA) is 3.24 Å². The maximum atomic E-state index is 2.83. The molecule has 0 atom stereocenters. The average Bonchev–Trinajstić information content (AvgIpc) is 2.82. The molecule has 34 heavy (non-hydrogen) atoms. The van der Waals surface area contributed by atoms with Crippen molar-refractivity contribution < 1.29 is 0 Å². The summed E-state index contributed by atoms with van der Waals surface area (Å²) in [6.45, 7) is 13.4. The van der Waals surface area contributed by atoms with E-state index in [1.807, 2.05) is 0 Å². The zero-order valence-corrected chi connectivity index (χ0v) is 24.8. The quantitative estimate of drug-likeness (QED) is 0.0964. The third-order valence-electron chi connectivity index (χ3n) is 7.66. The van der Waals surface area contributed by atoms with E-state index in [4.69, 9.17) is 0 Å². The molecule has 1 nitrogen and oxygen atoms in total. The van der Waals surface area contributed by atoms with Gasteiger partial charge < -0.3 is 4.90 Å². The second-order valence-electron chi connectivity index (χ2n) is 11.8. The van der Waals surface area contributed by atoms with E-state index in [0.717, 1.165) is 5.92 Å². The van der Waals surface area contributed by atoms with E-state index in [1.54, 1.807) is 0 Å². The van der Waals surface area contributed by atoms with Crippen molar-refractivity contribution in [2.75, 3.05) is 19.6 Å². The predicted octanol–water partition coefficient (Wildman–Crippen LogP) is 11.7. The van der Waals surface area contributed by atoms with E-state index >= 15 is 0 Å². The van der Waals surface area contributed by atoms with Gasteiger partial charge in [0.1, 0.15) is 0 Å². The molecule has 0 saturated carbocycles. The van der Waals surface area contributed by atoms with Gasteiger partial charge in [-0.1, -0.05) is 169 Å². The second kappa shape index (κ2) is 29.2. The van der Waals surface area contributed by atoms with Crippen molar-refractivity contribution in [3.63, 3.8) is 0 Å². The van der Waals surface area contributed by atoms with Crippen LogP contribution in [0.1, 0.15) is 188 Å². The molecule has 0 rings (SSSR count). The van der Waals surface area contributed by atoms with Gasteiger partial charge in [-0.25, -0.2) is 0 Å². The van der Waals surface area contributed by atoms with E-state index < -0.39 is 0 Å². The molecular weight excluding hydrogens is 410 g/mol. The first-order valence-electron chi connectivity index (χ1n) is 16.4. The third kappa shape index (κ3) is 28.2. The van der Waals surface area contributed by atoms with Gasteiger partial charge in [0.15, 0.2) is 0 Å². The Hall–Kier alpha value is -0.0400. The maximum absolute atomic E-state index is 2.83. The molecule has 0 spiro atoms. The summed E-state index contributed by atoms with van der Waals surface area (Å²) >= 11 is 0. The highest BCUT2D eigenvalue weighted by Gasteiger charge is 2.05. The van der Waals surface area contributed by atoms with Crippen LogP contribution >= 0.6 is 0 Å². The van der Waals surface area contributed by atoms with Crippen molar-refractivity contribution in [1.82, 2.24) is 4.90 Å². The second-order valence-corrected chi connectivity index (χ2v) is 11.8. The van der Waals surface area contributed by atoms with Gasteiger partial charge in [0, 0.05) is 0 Å². The fourth-order valence-corrected chi connectivity index (χ4v) is 5.22. The molecule has 206 valence electrons. The minimum Gasteiger partial charge on any atom is -0.303 e. The summed E-state index contributed by atoms with van der Waals surface area (Å²) in [5, 5.41) is 0. The highest BCUT2D eigenvalue weighted by atomic mass is 15.1. The Morgan fingerprint density at radius 1 is 0.353 bits per heavy atom. The van der Waals surface area contributed by atoms with Crippen LogP contribution in [0, 0.1) is 5.92 Å². The predicted molar refractivity (Wildman–Crippen MR) is 158 cm³/mol. The molecule has 0 heterocycles. The summed E-state index contributed by atoms with van der Waals surface area (Å²) in [6, 6.07) is 0. The minimum absolute atomic E-state index is 0.891. The zero-order chi connectivity index (χ0) is 25.0. The lowest BCUT2D eigenvalue weighted by atomic mass is 10.0. The Kier molecular flexibility index (Phi) is 29.2. The number of hydrogen-bond donors (Lipinski definition) is 0. The summed E-state index contributed by atoms with van der Waals surface area (Å²) in [6.07, 6.45) is 36.2. The molecular formula is C33H69N. The molecule has 0 bridgehead atoms. The molecule has 0 aliphatic carbocycles. The fourth-order valence-electron chi connectivity index (χ4n) is 5.22. The van der Waals surface area contributed by atoms with Crippen LogP contribution in [-0.4, -0.2) is 24.5 Å². The van der Waals surface area contributed by atoms with E-state index in [-0.39, 0.29) is 0 Å². The summed E-state index contributed by atoms with van der Waals surface area (Å²) in [4.78, 5) is 2.83. The summed E-state index contributed by atoms with van der Waals surface area (Å²) < 4.78 is 0. The standard InChI is InChI=1S/C33H69N/c1-5-7-9-11-18-22-26-30-34(31-27-23-19-12-10-8-6-2)32-28-24-20-16-14-13-15-17-21-25-29-33(3)4/h33H,5-32H2,1-4H3. The highest BCUT2D eigenvalue weighted by Crippen LogP contribution is 2.15. The van der Waals surface area contributed by atoms with Crippen LogP contribution in [0.15, 0.2) is 0 Å². The van der Waals surface area contributed by atoms with Crippen LogP contribution in [0.2, 0.25) is 0 Å². The molecule has 1 heteroatoms. The van der Waals surface area contributed by atoms with Gasteiger partial charge in [-0.2, -0.15) is 0 Å². The first-order valence-corrected chi connectivity index (χ1v) is 16.4. The molecule has 0 fully saturated rings. The molecule has 0 aromatic carbocycles. The van der Waals surface area contributed by atoms with Crippen molar-refractivity contribution in [1.29, 1.82) is 0 Å². The van der Waals surface area contributed by atoms with E-state index in [9.17, 15) is 0 Å². The Balaban J connectivity index is 3.77. The molecule has 0 N–H and O–H groups in total. The van der Waals surface area contributed by atoms with Crippen molar-refractivity contribution >= 4 is 0 Å². The largest absolute Gasteiger partial charge is 0.303 e. The van der Waals surface area contributed by atoms with Crippen LogP contribution in [0.5, 0.6) is 0 Å². The molecule has 0 aliphatic rings. The lowest BCUT2D eigenvalue weighted by molar-refractivity contribution is 0.254. The molecule has 0 aromatic rings. The van der Waals surface area contributed by atoms with E-state index in [1.165, 1.54) is 180 Å². The molecule has 0 aromatic heterocycles. The third-order valence-corrected chi connectivity index (χ3v) is 7.66. The monoisotopic (exact) mass is 480 g/mol. The van der Waals surface area contributed by atoms with Crippen LogP contribution < -0.4 is 0 Å². The van der Waals surface area contributed by atoms with Crippen molar-refractivity contribution in [3.05, 3.63) is 0 Å². The molecule has 0 amide bonds. The van der Waals surface area contributed by atoms with E-state index in [0.29, 0.717) is 0 Å². The van der Waals surface area contributed by atoms with Crippen LogP contribution in [-0.2, 0) is 0 Å². The first kappa shape index (κ1) is 34.0. The van der Waals surface area contributed by atoms with Crippen molar-refractivity contribution in [2.24, 2.45) is 5.92 Å². The normalized spacial score (nSPS) is 11.8. The van der Waals surface area contributed by atoms with Crippen molar-refractivity contribution in [2.45, 2.75) is 188 Å². The number of rotatable bonds is 29. The molecule has 0 unspecified atom stereocenters. The van der Waals surface area contributed by atoms with Crippen LogP contribution in [0.4, 0.5) is 0 Å². The minimum atomic E-state index is 0.891. The zero-order valence-electron chi connectivity index (χ0n) is 24.8. The lowest BCUT2D eigenvalue weighted by Gasteiger charge is -2.22. The summed E-state index contributed by atoms with van der Waals surface area (Å²) in [7, 11) is 0. The molecule has 0 aliphatic heterocycles. The smallest absolute Gasteiger partial charge is 0.00187 e. The number of nitrogens with zero attached hydrogens (tertiary/aromatic N) is 1. The number of hydrogen-bond acceptors (Lipinski definition) is 1. The SMILES string of the molecule is CCCCCCCCCN(CCCCCCCCC)CCCCCCCCCCCCC(C)C. The maximum Gasteiger partial charge on any atom is -0.00187 e. The summed E-state index contributed by atoms with van der Waals surface area (Å²) in [5.41, 5.74) is 0. The van der Waals surface area contributed by atoms with Gasteiger partial charge in [0.05, 0.1) is 0 Å². The van der Waals surface area contributed by atoms with Crippen LogP contribution in [0.3, 0.4) is 0 Å². The first-order chi connectivity index (χ1) is 16.7. The van der Waals surface area contributed by atoms with E-state index in [2.05, 4.69) is 32.6 Å². The van der Waals surface area contributed by atoms with Crippen molar-refractivity contribution in [3.8, 4) is 0 Å². The van der Waals surface area contributed by atoms with Gasteiger partial charge in [-0.3, -0.25) is 0 Å². The lowest BCUT2D eigenvalue weighted by Crippen LogP contribution is -2.27. The average molecular weight is 480 g/mol. The molecule has 0 saturated heterocycles. The van der Waals surface area contributed by atoms with Crippen LogP contribution in [0.25, 0.3) is 0 Å². The molecule has 0 radical (unpaired) electrons.